The lowest BCUT2D eigenvalue weighted by Crippen LogP contribution is -2.10. The zero-order valence-electron chi connectivity index (χ0n) is 12.2. The molecule has 3 nitrogen and oxygen atoms in total. The summed E-state index contributed by atoms with van der Waals surface area (Å²) >= 11 is 0. The maximum atomic E-state index is 13.8. The van der Waals surface area contributed by atoms with E-state index < -0.39 is 34.7 Å². The van der Waals surface area contributed by atoms with Crippen molar-refractivity contribution in [2.45, 2.75) is 19.8 Å². The fraction of sp³-hybridized carbons (Fsp3) is 0.176. The second kappa shape index (κ2) is 6.97. The van der Waals surface area contributed by atoms with Crippen molar-refractivity contribution in [2.24, 2.45) is 0 Å². The smallest absolute Gasteiger partial charge is 0.343 e. The van der Waals surface area contributed by atoms with Gasteiger partial charge in [0.1, 0.15) is 34.8 Å². The van der Waals surface area contributed by atoms with Gasteiger partial charge in [-0.15, -0.1) is 0 Å². The minimum atomic E-state index is -1.14. The first-order valence-corrected chi connectivity index (χ1v) is 6.86. The summed E-state index contributed by atoms with van der Waals surface area (Å²) in [6.07, 6.45) is 1.29. The molecule has 2 rings (SSSR count). The second-order valence-electron chi connectivity index (χ2n) is 4.82. The molecule has 0 radical (unpaired) electrons. The molecular formula is C17H12F3NO2. The Morgan fingerprint density at radius 2 is 1.78 bits per heavy atom. The standard InChI is InChI=1S/C17H12F3NO2/c1-2-3-10-4-5-11(6-14(10)18)17(22)23-12-7-15(19)13(9-21)16(20)8-12/h4-8H,2-3H2,1H3. The van der Waals surface area contributed by atoms with Crippen molar-refractivity contribution in [3.05, 3.63) is 64.5 Å². The first kappa shape index (κ1) is 16.6. The van der Waals surface area contributed by atoms with Crippen LogP contribution in [0.1, 0.15) is 34.8 Å². The van der Waals surface area contributed by atoms with Gasteiger partial charge in [-0.05, 0) is 24.1 Å². The lowest BCUT2D eigenvalue weighted by Gasteiger charge is -2.07. The molecule has 0 saturated carbocycles. The summed E-state index contributed by atoms with van der Waals surface area (Å²) in [6.45, 7) is 1.90. The zero-order chi connectivity index (χ0) is 17.0. The third-order valence-corrected chi connectivity index (χ3v) is 3.15. The van der Waals surface area contributed by atoms with Gasteiger partial charge < -0.3 is 4.74 Å². The van der Waals surface area contributed by atoms with Crippen LogP contribution in [0.25, 0.3) is 0 Å². The van der Waals surface area contributed by atoms with E-state index in [2.05, 4.69) is 0 Å². The van der Waals surface area contributed by atoms with Crippen molar-refractivity contribution in [1.82, 2.24) is 0 Å². The number of nitriles is 1. The highest BCUT2D eigenvalue weighted by molar-refractivity contribution is 5.91. The lowest BCUT2D eigenvalue weighted by atomic mass is 10.1. The number of hydrogen-bond donors (Lipinski definition) is 0. The Balaban J connectivity index is 2.23. The number of carbonyl (C=O) groups is 1. The van der Waals surface area contributed by atoms with E-state index in [1.165, 1.54) is 18.2 Å². The number of esters is 1. The summed E-state index contributed by atoms with van der Waals surface area (Å²) in [4.78, 5) is 11.9. The van der Waals surface area contributed by atoms with E-state index in [1.54, 1.807) is 0 Å². The number of benzene rings is 2. The fourth-order valence-electron chi connectivity index (χ4n) is 2.03. The highest BCUT2D eigenvalue weighted by Gasteiger charge is 2.16. The predicted octanol–water partition coefficient (Wildman–Crippen LogP) is 4.15. The molecule has 0 atom stereocenters. The monoisotopic (exact) mass is 319 g/mol. The Kier molecular flexibility index (Phi) is 5.02. The summed E-state index contributed by atoms with van der Waals surface area (Å²) in [6, 6.07) is 6.68. The third-order valence-electron chi connectivity index (χ3n) is 3.15. The van der Waals surface area contributed by atoms with Crippen LogP contribution in [0.5, 0.6) is 5.75 Å². The fourth-order valence-corrected chi connectivity index (χ4v) is 2.03. The maximum Gasteiger partial charge on any atom is 0.343 e. The molecule has 0 aliphatic heterocycles. The highest BCUT2D eigenvalue weighted by Crippen LogP contribution is 2.21. The molecule has 0 amide bonds. The molecule has 0 bridgehead atoms. The van der Waals surface area contributed by atoms with Crippen molar-refractivity contribution in [1.29, 1.82) is 5.26 Å². The van der Waals surface area contributed by atoms with Crippen LogP contribution in [-0.4, -0.2) is 5.97 Å². The molecule has 23 heavy (non-hydrogen) atoms. The van der Waals surface area contributed by atoms with Crippen molar-refractivity contribution in [2.75, 3.05) is 0 Å². The quantitative estimate of drug-likeness (QED) is 0.628. The highest BCUT2D eigenvalue weighted by atomic mass is 19.1. The van der Waals surface area contributed by atoms with Crippen molar-refractivity contribution >= 4 is 5.97 Å². The van der Waals surface area contributed by atoms with Crippen molar-refractivity contribution < 1.29 is 22.7 Å². The van der Waals surface area contributed by atoms with Gasteiger partial charge in [0.05, 0.1) is 5.56 Å². The number of hydrogen-bond acceptors (Lipinski definition) is 3. The van der Waals surface area contributed by atoms with Crippen LogP contribution in [-0.2, 0) is 6.42 Å². The average Bonchev–Trinajstić information content (AvgIpc) is 2.49. The molecule has 118 valence electrons. The number of aryl methyl sites for hydroxylation is 1. The van der Waals surface area contributed by atoms with Crippen LogP contribution in [0.4, 0.5) is 13.2 Å². The predicted molar refractivity (Wildman–Crippen MR) is 76.4 cm³/mol. The number of carbonyl (C=O) groups excluding carboxylic acids is 1. The summed E-state index contributed by atoms with van der Waals surface area (Å²) in [5, 5.41) is 8.57. The molecule has 0 aliphatic carbocycles. The zero-order valence-corrected chi connectivity index (χ0v) is 12.2. The Morgan fingerprint density at radius 1 is 1.13 bits per heavy atom. The summed E-state index contributed by atoms with van der Waals surface area (Å²) < 4.78 is 45.5. The molecular weight excluding hydrogens is 307 g/mol. The molecule has 2 aromatic rings. The van der Waals surface area contributed by atoms with Crippen LogP contribution in [0.15, 0.2) is 30.3 Å². The van der Waals surface area contributed by atoms with Gasteiger partial charge in [0.2, 0.25) is 0 Å². The van der Waals surface area contributed by atoms with Gasteiger partial charge in [-0.1, -0.05) is 19.4 Å². The van der Waals surface area contributed by atoms with Crippen LogP contribution in [0.2, 0.25) is 0 Å². The van der Waals surface area contributed by atoms with E-state index in [9.17, 15) is 18.0 Å². The van der Waals surface area contributed by atoms with E-state index in [0.717, 1.165) is 24.6 Å². The van der Waals surface area contributed by atoms with Gasteiger partial charge in [0.15, 0.2) is 0 Å². The topological polar surface area (TPSA) is 50.1 Å². The Morgan fingerprint density at radius 3 is 2.30 bits per heavy atom. The Hall–Kier alpha value is -2.81. The van der Waals surface area contributed by atoms with E-state index in [-0.39, 0.29) is 5.56 Å². The van der Waals surface area contributed by atoms with E-state index in [0.29, 0.717) is 12.0 Å². The van der Waals surface area contributed by atoms with E-state index >= 15 is 0 Å². The largest absolute Gasteiger partial charge is 0.423 e. The summed E-state index contributed by atoms with van der Waals surface area (Å²) in [5.41, 5.74) is -0.369. The van der Waals surface area contributed by atoms with Gasteiger partial charge in [-0.2, -0.15) is 5.26 Å². The Labute approximate surface area is 130 Å². The first-order valence-electron chi connectivity index (χ1n) is 6.86. The molecule has 0 aromatic heterocycles. The first-order chi connectivity index (χ1) is 11.0. The van der Waals surface area contributed by atoms with Crippen LogP contribution in [0.3, 0.4) is 0 Å². The molecule has 2 aromatic carbocycles. The van der Waals surface area contributed by atoms with Crippen LogP contribution >= 0.6 is 0 Å². The number of ether oxygens (including phenoxy) is 1. The molecule has 0 aliphatic rings. The van der Waals surface area contributed by atoms with Crippen molar-refractivity contribution in [3.8, 4) is 11.8 Å². The molecule has 6 heteroatoms. The molecule has 0 N–H and O–H groups in total. The molecule has 0 spiro atoms. The normalized spacial score (nSPS) is 10.2. The second-order valence-corrected chi connectivity index (χ2v) is 4.82. The lowest BCUT2D eigenvalue weighted by molar-refractivity contribution is 0.0733. The molecule has 0 saturated heterocycles. The number of nitrogens with zero attached hydrogens (tertiary/aromatic N) is 1. The third kappa shape index (κ3) is 3.69. The number of rotatable bonds is 4. The van der Waals surface area contributed by atoms with E-state index in [1.807, 2.05) is 6.92 Å². The summed E-state index contributed by atoms with van der Waals surface area (Å²) in [5.74, 6) is -4.17. The SMILES string of the molecule is CCCc1ccc(C(=O)Oc2cc(F)c(C#N)c(F)c2)cc1F. The Bertz CT molecular complexity index is 774. The van der Waals surface area contributed by atoms with Crippen LogP contribution < -0.4 is 4.74 Å². The van der Waals surface area contributed by atoms with E-state index in [4.69, 9.17) is 10.00 Å². The molecule has 0 fully saturated rings. The number of halogens is 3. The van der Waals surface area contributed by atoms with Gasteiger partial charge in [0.25, 0.3) is 0 Å². The van der Waals surface area contributed by atoms with Gasteiger partial charge in [0, 0.05) is 12.1 Å². The van der Waals surface area contributed by atoms with Crippen molar-refractivity contribution in [3.63, 3.8) is 0 Å². The van der Waals surface area contributed by atoms with Gasteiger partial charge >= 0.3 is 5.97 Å². The minimum Gasteiger partial charge on any atom is -0.423 e. The van der Waals surface area contributed by atoms with Gasteiger partial charge in [-0.25, -0.2) is 18.0 Å². The average molecular weight is 319 g/mol. The maximum absolute atomic E-state index is 13.8. The molecule has 0 unspecified atom stereocenters. The minimum absolute atomic E-state index is 0.0764. The van der Waals surface area contributed by atoms with Gasteiger partial charge in [-0.3, -0.25) is 0 Å². The summed E-state index contributed by atoms with van der Waals surface area (Å²) in [7, 11) is 0. The molecule has 0 heterocycles. The van der Waals surface area contributed by atoms with Crippen LogP contribution in [0, 0.1) is 28.8 Å².